The van der Waals surface area contributed by atoms with Gasteiger partial charge >= 0.3 is 0 Å². The van der Waals surface area contributed by atoms with Crippen LogP contribution in [0.1, 0.15) is 102 Å². The van der Waals surface area contributed by atoms with Gasteiger partial charge in [0.05, 0.1) is 0 Å². The number of halogens is 1. The quantitative estimate of drug-likeness (QED) is 0.406. The number of alkyl halides is 1. The van der Waals surface area contributed by atoms with Crippen LogP contribution >= 0.6 is 11.6 Å². The average Bonchev–Trinajstić information content (AvgIpc) is 2.83. The molecule has 0 heterocycles. The molecule has 1 aliphatic rings. The van der Waals surface area contributed by atoms with E-state index in [9.17, 15) is 9.59 Å². The highest BCUT2D eigenvalue weighted by Gasteiger charge is 2.33. The zero-order chi connectivity index (χ0) is 26.5. The molecule has 4 nitrogen and oxygen atoms in total. The Morgan fingerprint density at radius 3 is 1.83 bits per heavy atom. The Labute approximate surface area is 222 Å². The molecular weight excluding hydrogens is 468 g/mol. The molecule has 196 valence electrons. The number of carbonyl (C=O) groups is 2. The molecule has 1 saturated carbocycles. The molecule has 1 atom stereocenters. The van der Waals surface area contributed by atoms with Crippen LogP contribution in [0.2, 0.25) is 0 Å². The van der Waals surface area contributed by atoms with Gasteiger partial charge in [0.1, 0.15) is 11.9 Å². The molecule has 0 aliphatic heterocycles. The lowest BCUT2D eigenvalue weighted by atomic mass is 9.86. The molecule has 2 aromatic rings. The molecule has 2 aromatic carbocycles. The van der Waals surface area contributed by atoms with E-state index in [-0.39, 0.29) is 34.6 Å². The summed E-state index contributed by atoms with van der Waals surface area (Å²) >= 11 is 6.09. The van der Waals surface area contributed by atoms with Gasteiger partial charge in [0.25, 0.3) is 0 Å². The predicted molar refractivity (Wildman–Crippen MR) is 149 cm³/mol. The lowest BCUT2D eigenvalue weighted by molar-refractivity contribution is -0.140. The molecule has 2 amide bonds. The van der Waals surface area contributed by atoms with Crippen molar-refractivity contribution in [3.8, 4) is 0 Å². The van der Waals surface area contributed by atoms with Gasteiger partial charge in [-0.3, -0.25) is 9.59 Å². The Kier molecular flexibility index (Phi) is 9.27. The smallest absolute Gasteiger partial charge is 0.247 e. The Balaban J connectivity index is 1.97. The third kappa shape index (κ3) is 7.35. The second kappa shape index (κ2) is 11.8. The number of rotatable bonds is 7. The highest BCUT2D eigenvalue weighted by atomic mass is 35.5. The van der Waals surface area contributed by atoms with Crippen molar-refractivity contribution in [1.29, 1.82) is 0 Å². The lowest BCUT2D eigenvalue weighted by Crippen LogP contribution is -2.47. The minimum Gasteiger partial charge on any atom is -0.351 e. The molecule has 1 unspecified atom stereocenters. The highest BCUT2D eigenvalue weighted by Crippen LogP contribution is 2.30. The van der Waals surface area contributed by atoms with Gasteiger partial charge in [0, 0.05) is 12.6 Å². The molecule has 0 spiro atoms. The van der Waals surface area contributed by atoms with Crippen molar-refractivity contribution in [1.82, 2.24) is 10.2 Å². The first-order chi connectivity index (χ1) is 16.9. The van der Waals surface area contributed by atoms with Crippen LogP contribution in [0.5, 0.6) is 0 Å². The van der Waals surface area contributed by atoms with Crippen LogP contribution in [0.25, 0.3) is 0 Å². The monoisotopic (exact) mass is 510 g/mol. The largest absolute Gasteiger partial charge is 0.351 e. The van der Waals surface area contributed by atoms with E-state index < -0.39 is 6.04 Å². The molecular formula is C31H43ClN2O2. The van der Waals surface area contributed by atoms with Crippen molar-refractivity contribution >= 4 is 23.4 Å². The van der Waals surface area contributed by atoms with Crippen LogP contribution in [0, 0.1) is 0 Å². The molecule has 0 radical (unpaired) electrons. The van der Waals surface area contributed by atoms with E-state index in [2.05, 4.69) is 71.1 Å². The summed E-state index contributed by atoms with van der Waals surface area (Å²) in [6.45, 7) is 13.4. The summed E-state index contributed by atoms with van der Waals surface area (Å²) in [6.07, 6.45) is 5.43. The van der Waals surface area contributed by atoms with Crippen LogP contribution < -0.4 is 5.32 Å². The minimum absolute atomic E-state index is 0.00116. The van der Waals surface area contributed by atoms with Crippen LogP contribution in [0.3, 0.4) is 0 Å². The number of nitrogens with one attached hydrogen (secondary N) is 1. The number of benzene rings is 2. The van der Waals surface area contributed by atoms with Gasteiger partial charge < -0.3 is 10.2 Å². The number of hydrogen-bond acceptors (Lipinski definition) is 2. The molecule has 5 heteroatoms. The Bertz CT molecular complexity index is 1010. The average molecular weight is 511 g/mol. The van der Waals surface area contributed by atoms with Gasteiger partial charge in [-0.15, -0.1) is 11.6 Å². The van der Waals surface area contributed by atoms with Gasteiger partial charge in [0.2, 0.25) is 11.8 Å². The van der Waals surface area contributed by atoms with Crippen LogP contribution in [-0.4, -0.2) is 28.6 Å². The van der Waals surface area contributed by atoms with E-state index in [1.807, 2.05) is 24.3 Å². The fourth-order valence-electron chi connectivity index (χ4n) is 4.87. The van der Waals surface area contributed by atoms with Crippen molar-refractivity contribution in [2.75, 3.05) is 5.88 Å². The van der Waals surface area contributed by atoms with Gasteiger partial charge in [-0.05, 0) is 45.9 Å². The number of amides is 2. The Hall–Kier alpha value is -2.33. The maximum Gasteiger partial charge on any atom is 0.247 e. The number of nitrogens with zero attached hydrogens (tertiary/aromatic N) is 1. The summed E-state index contributed by atoms with van der Waals surface area (Å²) in [5.41, 5.74) is 4.24. The van der Waals surface area contributed by atoms with E-state index in [0.29, 0.717) is 6.54 Å². The zero-order valence-corrected chi connectivity index (χ0v) is 23.6. The third-order valence-electron chi connectivity index (χ3n) is 7.21. The maximum atomic E-state index is 13.8. The Morgan fingerprint density at radius 2 is 1.36 bits per heavy atom. The van der Waals surface area contributed by atoms with Gasteiger partial charge in [-0.2, -0.15) is 0 Å². The van der Waals surface area contributed by atoms with E-state index >= 15 is 0 Å². The zero-order valence-electron chi connectivity index (χ0n) is 22.9. The van der Waals surface area contributed by atoms with Gasteiger partial charge in [-0.1, -0.05) is 109 Å². The van der Waals surface area contributed by atoms with Gasteiger partial charge in [0.15, 0.2) is 0 Å². The normalized spacial score (nSPS) is 15.9. The van der Waals surface area contributed by atoms with Crippen molar-refractivity contribution < 1.29 is 9.59 Å². The fraction of sp³-hybridized carbons (Fsp3) is 0.548. The Morgan fingerprint density at radius 1 is 0.861 bits per heavy atom. The summed E-state index contributed by atoms with van der Waals surface area (Å²) in [6, 6.07) is 15.8. The fourth-order valence-corrected chi connectivity index (χ4v) is 5.03. The molecule has 1 aliphatic carbocycles. The van der Waals surface area contributed by atoms with Crippen LogP contribution in [0.15, 0.2) is 48.5 Å². The summed E-state index contributed by atoms with van der Waals surface area (Å²) < 4.78 is 0. The topological polar surface area (TPSA) is 49.4 Å². The molecule has 0 aromatic heterocycles. The third-order valence-corrected chi connectivity index (χ3v) is 7.44. The first kappa shape index (κ1) is 28.2. The number of hydrogen-bond donors (Lipinski definition) is 1. The summed E-state index contributed by atoms with van der Waals surface area (Å²) in [7, 11) is 0. The first-order valence-corrected chi connectivity index (χ1v) is 13.8. The van der Waals surface area contributed by atoms with E-state index in [1.165, 1.54) is 17.5 Å². The van der Waals surface area contributed by atoms with Crippen molar-refractivity contribution in [2.45, 2.75) is 103 Å². The molecule has 3 rings (SSSR count). The van der Waals surface area contributed by atoms with Gasteiger partial charge in [-0.25, -0.2) is 0 Å². The SMILES string of the molecule is CC(C)(C)c1ccc(CN(C(=O)CCl)C(C(=O)NC2CCCCC2)c2ccc(C(C)(C)C)cc2)cc1. The van der Waals surface area contributed by atoms with Crippen LogP contribution in [0.4, 0.5) is 0 Å². The highest BCUT2D eigenvalue weighted by molar-refractivity contribution is 6.27. The molecule has 0 saturated heterocycles. The van der Waals surface area contributed by atoms with Crippen molar-refractivity contribution in [3.63, 3.8) is 0 Å². The molecule has 0 bridgehead atoms. The molecule has 1 N–H and O–H groups in total. The summed E-state index contributed by atoms with van der Waals surface area (Å²) in [5.74, 6) is -0.552. The minimum atomic E-state index is -0.741. The summed E-state index contributed by atoms with van der Waals surface area (Å²) in [4.78, 5) is 28.6. The lowest BCUT2D eigenvalue weighted by Gasteiger charge is -2.33. The second-order valence-electron chi connectivity index (χ2n) is 12.2. The van der Waals surface area contributed by atoms with E-state index in [1.54, 1.807) is 4.90 Å². The predicted octanol–water partition coefficient (Wildman–Crippen LogP) is 7.04. The van der Waals surface area contributed by atoms with Crippen LogP contribution in [-0.2, 0) is 27.0 Å². The van der Waals surface area contributed by atoms with Crippen molar-refractivity contribution in [2.24, 2.45) is 0 Å². The maximum absolute atomic E-state index is 13.8. The standard InChI is InChI=1S/C31H43ClN2O2/c1-30(2,3)24-16-12-22(13-17-24)21-34(27(35)20-32)28(29(36)33-26-10-8-7-9-11-26)23-14-18-25(19-15-23)31(4,5)6/h12-19,26,28H,7-11,20-21H2,1-6H3,(H,33,36). The molecule has 36 heavy (non-hydrogen) atoms. The van der Waals surface area contributed by atoms with E-state index in [4.69, 9.17) is 11.6 Å². The molecule has 1 fully saturated rings. The second-order valence-corrected chi connectivity index (χ2v) is 12.5. The van der Waals surface area contributed by atoms with Crippen molar-refractivity contribution in [3.05, 3.63) is 70.8 Å². The number of carbonyl (C=O) groups excluding carboxylic acids is 2. The van der Waals surface area contributed by atoms with E-state index in [0.717, 1.165) is 36.8 Å². The first-order valence-electron chi connectivity index (χ1n) is 13.3. The summed E-state index contributed by atoms with van der Waals surface area (Å²) in [5, 5.41) is 3.26.